The van der Waals surface area contributed by atoms with Gasteiger partial charge in [-0.25, -0.2) is 4.98 Å². The van der Waals surface area contributed by atoms with Crippen molar-refractivity contribution < 1.29 is 0 Å². The van der Waals surface area contributed by atoms with Gasteiger partial charge < -0.3 is 10.3 Å². The van der Waals surface area contributed by atoms with E-state index in [4.69, 9.17) is 0 Å². The van der Waals surface area contributed by atoms with Gasteiger partial charge in [0.05, 0.1) is 17.6 Å². The lowest BCUT2D eigenvalue weighted by molar-refractivity contribution is 0.656. The van der Waals surface area contributed by atoms with Crippen LogP contribution in [-0.2, 0) is 6.54 Å². The number of fused-ring (bicyclic) bond motifs is 1. The molecule has 15 heavy (non-hydrogen) atoms. The molecule has 2 N–H and O–H groups in total. The fourth-order valence-electron chi connectivity index (χ4n) is 1.69. The molecule has 0 atom stereocenters. The van der Waals surface area contributed by atoms with Crippen molar-refractivity contribution in [3.63, 3.8) is 0 Å². The van der Waals surface area contributed by atoms with Crippen molar-refractivity contribution in [2.45, 2.75) is 26.8 Å². The Bertz CT molecular complexity index is 445. The Morgan fingerprint density at radius 3 is 3.00 bits per heavy atom. The van der Waals surface area contributed by atoms with Crippen LogP contribution in [0.5, 0.6) is 0 Å². The predicted molar refractivity (Wildman–Crippen MR) is 62.8 cm³/mol. The number of para-hydroxylation sites is 1. The first kappa shape index (κ1) is 10.2. The molecule has 3 heteroatoms. The molecule has 0 aliphatic rings. The van der Waals surface area contributed by atoms with Crippen LogP contribution in [0.25, 0.3) is 11.0 Å². The van der Waals surface area contributed by atoms with Gasteiger partial charge in [0.15, 0.2) is 0 Å². The van der Waals surface area contributed by atoms with Crippen LogP contribution in [0.1, 0.15) is 24.7 Å². The van der Waals surface area contributed by atoms with Gasteiger partial charge in [0, 0.05) is 0 Å². The Labute approximate surface area is 89.9 Å². The lowest BCUT2D eigenvalue weighted by Gasteiger charge is -1.97. The molecule has 1 aromatic heterocycles. The smallest absolute Gasteiger partial charge is 0.121 e. The molecule has 0 fully saturated rings. The lowest BCUT2D eigenvalue weighted by Crippen LogP contribution is -2.14. The summed E-state index contributed by atoms with van der Waals surface area (Å²) in [6.07, 6.45) is 1.15. The summed E-state index contributed by atoms with van der Waals surface area (Å²) in [4.78, 5) is 7.89. The second-order valence-corrected chi connectivity index (χ2v) is 3.83. The zero-order valence-corrected chi connectivity index (χ0v) is 9.30. The maximum absolute atomic E-state index is 4.57. The molecule has 0 aliphatic heterocycles. The molecule has 0 saturated heterocycles. The molecule has 2 aromatic rings. The summed E-state index contributed by atoms with van der Waals surface area (Å²) in [7, 11) is 0. The molecular formula is C12H17N3. The molecule has 0 spiro atoms. The number of nitrogens with zero attached hydrogens (tertiary/aromatic N) is 1. The Morgan fingerprint density at radius 2 is 2.27 bits per heavy atom. The molecule has 3 nitrogen and oxygen atoms in total. The van der Waals surface area contributed by atoms with Crippen LogP contribution < -0.4 is 5.32 Å². The normalized spacial score (nSPS) is 11.1. The first-order valence-electron chi connectivity index (χ1n) is 5.46. The summed E-state index contributed by atoms with van der Waals surface area (Å²) in [5.41, 5.74) is 3.44. The molecule has 0 bridgehead atoms. The first-order valence-corrected chi connectivity index (χ1v) is 5.46. The maximum atomic E-state index is 4.57. The molecule has 0 saturated carbocycles. The number of benzene rings is 1. The quantitative estimate of drug-likeness (QED) is 0.749. The summed E-state index contributed by atoms with van der Waals surface area (Å²) in [5, 5.41) is 3.34. The van der Waals surface area contributed by atoms with Gasteiger partial charge in [-0.15, -0.1) is 0 Å². The highest BCUT2D eigenvalue weighted by Gasteiger charge is 2.03. The summed E-state index contributed by atoms with van der Waals surface area (Å²) in [6, 6.07) is 6.21. The van der Waals surface area contributed by atoms with Gasteiger partial charge in [0.2, 0.25) is 0 Å². The van der Waals surface area contributed by atoms with Crippen LogP contribution in [0, 0.1) is 6.92 Å². The van der Waals surface area contributed by atoms with E-state index >= 15 is 0 Å². The van der Waals surface area contributed by atoms with Gasteiger partial charge in [0.25, 0.3) is 0 Å². The summed E-state index contributed by atoms with van der Waals surface area (Å²) in [5.74, 6) is 1.02. The SMILES string of the molecule is CCCNCc1nc2c(C)cccc2[nH]1. The third-order valence-corrected chi connectivity index (χ3v) is 2.48. The third-order valence-electron chi connectivity index (χ3n) is 2.48. The lowest BCUT2D eigenvalue weighted by atomic mass is 10.2. The fraction of sp³-hybridized carbons (Fsp3) is 0.417. The highest BCUT2D eigenvalue weighted by atomic mass is 15.0. The van der Waals surface area contributed by atoms with E-state index in [1.165, 1.54) is 5.56 Å². The van der Waals surface area contributed by atoms with Crippen molar-refractivity contribution >= 4 is 11.0 Å². The minimum atomic E-state index is 0.821. The molecule has 1 heterocycles. The van der Waals surface area contributed by atoms with E-state index in [2.05, 4.69) is 47.3 Å². The number of aromatic amines is 1. The monoisotopic (exact) mass is 203 g/mol. The van der Waals surface area contributed by atoms with E-state index in [1.807, 2.05) is 0 Å². The van der Waals surface area contributed by atoms with E-state index in [0.717, 1.165) is 36.4 Å². The number of hydrogen-bond donors (Lipinski definition) is 2. The number of hydrogen-bond acceptors (Lipinski definition) is 2. The molecular weight excluding hydrogens is 186 g/mol. The summed E-state index contributed by atoms with van der Waals surface area (Å²) in [6.45, 7) is 6.11. The number of H-pyrrole nitrogens is 1. The number of rotatable bonds is 4. The van der Waals surface area contributed by atoms with Crippen LogP contribution in [0.15, 0.2) is 18.2 Å². The van der Waals surface area contributed by atoms with Crippen molar-refractivity contribution in [1.82, 2.24) is 15.3 Å². The van der Waals surface area contributed by atoms with E-state index in [-0.39, 0.29) is 0 Å². The molecule has 0 amide bonds. The van der Waals surface area contributed by atoms with Gasteiger partial charge in [0.1, 0.15) is 5.82 Å². The number of aromatic nitrogens is 2. The zero-order valence-electron chi connectivity index (χ0n) is 9.30. The van der Waals surface area contributed by atoms with Gasteiger partial charge in [-0.3, -0.25) is 0 Å². The molecule has 0 unspecified atom stereocenters. The molecule has 0 aliphatic carbocycles. The minimum Gasteiger partial charge on any atom is -0.341 e. The van der Waals surface area contributed by atoms with Crippen LogP contribution in [0.2, 0.25) is 0 Å². The van der Waals surface area contributed by atoms with Gasteiger partial charge in [-0.05, 0) is 31.5 Å². The average Bonchev–Trinajstić information content (AvgIpc) is 2.63. The Balaban J connectivity index is 2.20. The number of aryl methyl sites for hydroxylation is 1. The van der Waals surface area contributed by atoms with Crippen molar-refractivity contribution in [1.29, 1.82) is 0 Å². The van der Waals surface area contributed by atoms with Gasteiger partial charge in [-0.2, -0.15) is 0 Å². The molecule has 2 rings (SSSR count). The zero-order chi connectivity index (χ0) is 10.7. The predicted octanol–water partition coefficient (Wildman–Crippen LogP) is 2.37. The van der Waals surface area contributed by atoms with E-state index < -0.39 is 0 Å². The van der Waals surface area contributed by atoms with Gasteiger partial charge in [-0.1, -0.05) is 19.1 Å². The number of imidazole rings is 1. The second kappa shape index (κ2) is 4.45. The largest absolute Gasteiger partial charge is 0.341 e. The van der Waals surface area contributed by atoms with E-state index in [0.29, 0.717) is 0 Å². The van der Waals surface area contributed by atoms with Crippen molar-refractivity contribution in [3.8, 4) is 0 Å². The summed E-state index contributed by atoms with van der Waals surface area (Å²) < 4.78 is 0. The maximum Gasteiger partial charge on any atom is 0.121 e. The van der Waals surface area contributed by atoms with Crippen molar-refractivity contribution in [2.24, 2.45) is 0 Å². The average molecular weight is 203 g/mol. The van der Waals surface area contributed by atoms with Crippen molar-refractivity contribution in [2.75, 3.05) is 6.54 Å². The second-order valence-electron chi connectivity index (χ2n) is 3.83. The molecule has 0 radical (unpaired) electrons. The first-order chi connectivity index (χ1) is 7.31. The minimum absolute atomic E-state index is 0.821. The Kier molecular flexibility index (Phi) is 3.02. The third kappa shape index (κ3) is 2.18. The highest BCUT2D eigenvalue weighted by molar-refractivity contribution is 5.78. The van der Waals surface area contributed by atoms with Crippen LogP contribution >= 0.6 is 0 Å². The fourth-order valence-corrected chi connectivity index (χ4v) is 1.69. The number of nitrogens with one attached hydrogen (secondary N) is 2. The van der Waals surface area contributed by atoms with Crippen molar-refractivity contribution in [3.05, 3.63) is 29.6 Å². The topological polar surface area (TPSA) is 40.7 Å². The van der Waals surface area contributed by atoms with Gasteiger partial charge >= 0.3 is 0 Å². The summed E-state index contributed by atoms with van der Waals surface area (Å²) >= 11 is 0. The van der Waals surface area contributed by atoms with E-state index in [1.54, 1.807) is 0 Å². The molecule has 80 valence electrons. The van der Waals surface area contributed by atoms with Crippen LogP contribution in [0.4, 0.5) is 0 Å². The van der Waals surface area contributed by atoms with Crippen LogP contribution in [0.3, 0.4) is 0 Å². The van der Waals surface area contributed by atoms with E-state index in [9.17, 15) is 0 Å². The Morgan fingerprint density at radius 1 is 1.40 bits per heavy atom. The van der Waals surface area contributed by atoms with Crippen LogP contribution in [-0.4, -0.2) is 16.5 Å². The standard InChI is InChI=1S/C12H17N3/c1-3-7-13-8-11-14-10-6-4-5-9(2)12(10)15-11/h4-6,13H,3,7-8H2,1-2H3,(H,14,15). The highest BCUT2D eigenvalue weighted by Crippen LogP contribution is 2.15. The Hall–Kier alpha value is -1.35. The molecule has 1 aromatic carbocycles.